The predicted octanol–water partition coefficient (Wildman–Crippen LogP) is 1.13. The third-order valence-electron chi connectivity index (χ3n) is 3.07. The minimum atomic E-state index is -0.606. The predicted molar refractivity (Wildman–Crippen MR) is 76.9 cm³/mol. The van der Waals surface area contributed by atoms with Gasteiger partial charge < -0.3 is 21.0 Å². The molecule has 0 radical (unpaired) electrons. The maximum absolute atomic E-state index is 11.9. The molecule has 0 aromatic heterocycles. The Hall–Kier alpha value is -2.24. The molecule has 0 saturated carbocycles. The zero-order chi connectivity index (χ0) is 15.2. The van der Waals surface area contributed by atoms with Crippen molar-refractivity contribution in [3.8, 4) is 5.75 Å². The van der Waals surface area contributed by atoms with Crippen molar-refractivity contribution in [3.05, 3.63) is 29.8 Å². The molecule has 0 aliphatic carbocycles. The van der Waals surface area contributed by atoms with E-state index >= 15 is 0 Å². The van der Waals surface area contributed by atoms with Crippen LogP contribution in [-0.4, -0.2) is 30.6 Å². The Morgan fingerprint density at radius 1 is 1.45 bits per heavy atom. The third kappa shape index (κ3) is 4.15. The second-order valence-electron chi connectivity index (χ2n) is 5.13. The lowest BCUT2D eigenvalue weighted by Crippen LogP contribution is -2.43. The van der Waals surface area contributed by atoms with Gasteiger partial charge in [0.05, 0.1) is 13.5 Å². The summed E-state index contributed by atoms with van der Waals surface area (Å²) in [6.07, 6.45) is 0.219. The van der Waals surface area contributed by atoms with Crippen molar-refractivity contribution in [3.63, 3.8) is 0 Å². The van der Waals surface area contributed by atoms with Crippen LogP contribution in [0.25, 0.3) is 0 Å². The third-order valence-corrected chi connectivity index (χ3v) is 3.07. The van der Waals surface area contributed by atoms with Gasteiger partial charge in [-0.15, -0.1) is 0 Å². The molecular formula is C14H21N3O3. The van der Waals surface area contributed by atoms with Crippen molar-refractivity contribution in [2.75, 3.05) is 13.7 Å². The lowest BCUT2D eigenvalue weighted by molar-refractivity contribution is -0.120. The van der Waals surface area contributed by atoms with Crippen LogP contribution in [0, 0.1) is 5.41 Å². The maximum Gasteiger partial charge on any atom is 0.224 e. The summed E-state index contributed by atoms with van der Waals surface area (Å²) >= 11 is 0. The van der Waals surface area contributed by atoms with E-state index in [1.165, 1.54) is 0 Å². The molecule has 1 rings (SSSR count). The highest BCUT2D eigenvalue weighted by molar-refractivity contribution is 5.86. The Labute approximate surface area is 118 Å². The van der Waals surface area contributed by atoms with E-state index in [9.17, 15) is 4.79 Å². The van der Waals surface area contributed by atoms with Gasteiger partial charge in [0.1, 0.15) is 11.6 Å². The Balaban J connectivity index is 2.61. The van der Waals surface area contributed by atoms with Gasteiger partial charge in [0.2, 0.25) is 5.91 Å². The Morgan fingerprint density at radius 2 is 2.10 bits per heavy atom. The van der Waals surface area contributed by atoms with Gasteiger partial charge in [0, 0.05) is 17.5 Å². The van der Waals surface area contributed by atoms with E-state index in [0.717, 1.165) is 5.56 Å². The van der Waals surface area contributed by atoms with Crippen molar-refractivity contribution < 1.29 is 14.7 Å². The van der Waals surface area contributed by atoms with Gasteiger partial charge in [-0.25, -0.2) is 0 Å². The van der Waals surface area contributed by atoms with E-state index in [1.807, 2.05) is 24.3 Å². The molecule has 1 aromatic rings. The molecule has 0 atom stereocenters. The number of amidine groups is 1. The topological polar surface area (TPSA) is 96.9 Å². The number of nitrogens with two attached hydrogens (primary N) is 1. The minimum absolute atomic E-state index is 0.0788. The number of nitrogens with zero attached hydrogens (tertiary/aromatic N) is 1. The van der Waals surface area contributed by atoms with Gasteiger partial charge in [-0.05, 0) is 6.07 Å². The van der Waals surface area contributed by atoms with Crippen LogP contribution in [0.3, 0.4) is 0 Å². The normalized spacial score (nSPS) is 12.1. The SMILES string of the molecule is COc1ccccc1CC(=O)NCC(C)(C)/C(N)=N/O. The molecule has 6 heteroatoms. The van der Waals surface area contributed by atoms with Gasteiger partial charge in [0.15, 0.2) is 0 Å². The van der Waals surface area contributed by atoms with Crippen molar-refractivity contribution in [1.82, 2.24) is 5.32 Å². The van der Waals surface area contributed by atoms with E-state index < -0.39 is 5.41 Å². The van der Waals surface area contributed by atoms with E-state index in [1.54, 1.807) is 21.0 Å². The summed E-state index contributed by atoms with van der Waals surface area (Å²) in [7, 11) is 1.57. The minimum Gasteiger partial charge on any atom is -0.496 e. The summed E-state index contributed by atoms with van der Waals surface area (Å²) in [6, 6.07) is 7.35. The first kappa shape index (κ1) is 15.8. The number of hydrogen-bond acceptors (Lipinski definition) is 4. The summed E-state index contributed by atoms with van der Waals surface area (Å²) in [5.41, 5.74) is 5.77. The largest absolute Gasteiger partial charge is 0.496 e. The number of carbonyl (C=O) groups excluding carboxylic acids is 1. The first-order valence-corrected chi connectivity index (χ1v) is 6.27. The zero-order valence-electron chi connectivity index (χ0n) is 12.0. The average Bonchev–Trinajstić information content (AvgIpc) is 2.45. The molecule has 0 spiro atoms. The van der Waals surface area contributed by atoms with Crippen LogP contribution in [0.15, 0.2) is 29.4 Å². The van der Waals surface area contributed by atoms with Gasteiger partial charge in [-0.1, -0.05) is 37.2 Å². The molecule has 1 aromatic carbocycles. The molecule has 0 heterocycles. The molecule has 0 unspecified atom stereocenters. The number of rotatable bonds is 6. The summed E-state index contributed by atoms with van der Waals surface area (Å²) in [5.74, 6) is 0.613. The highest BCUT2D eigenvalue weighted by atomic mass is 16.5. The summed E-state index contributed by atoms with van der Waals surface area (Å²) in [6.45, 7) is 3.85. The highest BCUT2D eigenvalue weighted by Crippen LogP contribution is 2.18. The summed E-state index contributed by atoms with van der Waals surface area (Å²) < 4.78 is 5.20. The van der Waals surface area contributed by atoms with Crippen LogP contribution in [0.1, 0.15) is 19.4 Å². The van der Waals surface area contributed by atoms with Crippen molar-refractivity contribution >= 4 is 11.7 Å². The smallest absolute Gasteiger partial charge is 0.224 e. The Kier molecular flexibility index (Phi) is 5.37. The number of oxime groups is 1. The van der Waals surface area contributed by atoms with Gasteiger partial charge in [-0.3, -0.25) is 4.79 Å². The maximum atomic E-state index is 11.9. The molecule has 0 aliphatic rings. The first-order chi connectivity index (χ1) is 9.40. The lowest BCUT2D eigenvalue weighted by atomic mass is 9.92. The number of benzene rings is 1. The molecule has 110 valence electrons. The number of hydrogen-bond donors (Lipinski definition) is 3. The van der Waals surface area contributed by atoms with Crippen LogP contribution in [0.4, 0.5) is 0 Å². The van der Waals surface area contributed by atoms with Crippen LogP contribution < -0.4 is 15.8 Å². The van der Waals surface area contributed by atoms with Crippen LogP contribution in [0.2, 0.25) is 0 Å². The van der Waals surface area contributed by atoms with Crippen LogP contribution >= 0.6 is 0 Å². The molecule has 0 aliphatic heterocycles. The average molecular weight is 279 g/mol. The van der Waals surface area contributed by atoms with Crippen molar-refractivity contribution in [1.29, 1.82) is 0 Å². The number of nitrogens with one attached hydrogen (secondary N) is 1. The van der Waals surface area contributed by atoms with Gasteiger partial charge in [0.25, 0.3) is 0 Å². The number of methoxy groups -OCH3 is 1. The summed E-state index contributed by atoms with van der Waals surface area (Å²) in [5, 5.41) is 14.4. The molecular weight excluding hydrogens is 258 g/mol. The molecule has 0 saturated heterocycles. The monoisotopic (exact) mass is 279 g/mol. The molecule has 20 heavy (non-hydrogen) atoms. The Bertz CT molecular complexity index is 498. The second-order valence-corrected chi connectivity index (χ2v) is 5.13. The van der Waals surface area contributed by atoms with E-state index in [-0.39, 0.29) is 24.7 Å². The van der Waals surface area contributed by atoms with Crippen LogP contribution in [0.5, 0.6) is 5.75 Å². The number of amides is 1. The molecule has 4 N–H and O–H groups in total. The fourth-order valence-corrected chi connectivity index (χ4v) is 1.63. The summed E-state index contributed by atoms with van der Waals surface area (Å²) in [4.78, 5) is 11.9. The van der Waals surface area contributed by atoms with Crippen molar-refractivity contribution in [2.45, 2.75) is 20.3 Å². The molecule has 6 nitrogen and oxygen atoms in total. The zero-order valence-corrected chi connectivity index (χ0v) is 12.0. The standard InChI is InChI=1S/C14H21N3O3/c1-14(2,13(15)17-19)9-16-12(18)8-10-6-4-5-7-11(10)20-3/h4-7,19H,8-9H2,1-3H3,(H2,15,17)(H,16,18). The highest BCUT2D eigenvalue weighted by Gasteiger charge is 2.24. The Morgan fingerprint density at radius 3 is 2.70 bits per heavy atom. The van der Waals surface area contributed by atoms with Crippen molar-refractivity contribution in [2.24, 2.45) is 16.3 Å². The van der Waals surface area contributed by atoms with Gasteiger partial charge >= 0.3 is 0 Å². The molecule has 1 amide bonds. The number of carbonyl (C=O) groups is 1. The molecule has 0 fully saturated rings. The van der Waals surface area contributed by atoms with Crippen LogP contribution in [-0.2, 0) is 11.2 Å². The second kappa shape index (κ2) is 6.79. The quantitative estimate of drug-likeness (QED) is 0.315. The fraction of sp³-hybridized carbons (Fsp3) is 0.429. The lowest BCUT2D eigenvalue weighted by Gasteiger charge is -2.23. The van der Waals surface area contributed by atoms with E-state index in [0.29, 0.717) is 5.75 Å². The van der Waals surface area contributed by atoms with Gasteiger partial charge in [-0.2, -0.15) is 0 Å². The number of ether oxygens (including phenoxy) is 1. The molecule has 0 bridgehead atoms. The fourth-order valence-electron chi connectivity index (χ4n) is 1.63. The first-order valence-electron chi connectivity index (χ1n) is 6.27. The van der Waals surface area contributed by atoms with E-state index in [4.69, 9.17) is 15.7 Å². The van der Waals surface area contributed by atoms with E-state index in [2.05, 4.69) is 10.5 Å². The number of para-hydroxylation sites is 1.